The maximum absolute atomic E-state index is 12.1. The second-order valence-corrected chi connectivity index (χ2v) is 5.86. The van der Waals surface area contributed by atoms with Gasteiger partial charge in [-0.25, -0.2) is 0 Å². The van der Waals surface area contributed by atoms with Crippen molar-refractivity contribution in [1.82, 2.24) is 4.90 Å². The van der Waals surface area contributed by atoms with Crippen molar-refractivity contribution < 1.29 is 4.79 Å². The van der Waals surface area contributed by atoms with E-state index < -0.39 is 0 Å². The van der Waals surface area contributed by atoms with Gasteiger partial charge in [0, 0.05) is 18.7 Å². The van der Waals surface area contributed by atoms with Crippen LogP contribution < -0.4 is 0 Å². The van der Waals surface area contributed by atoms with Crippen LogP contribution in [0.15, 0.2) is 24.3 Å². The number of amides is 1. The van der Waals surface area contributed by atoms with E-state index in [0.717, 1.165) is 0 Å². The Bertz CT molecular complexity index is 485. The molecule has 2 rings (SSSR count). The van der Waals surface area contributed by atoms with E-state index in [1.54, 1.807) is 4.90 Å². The van der Waals surface area contributed by atoms with Crippen LogP contribution in [0.1, 0.15) is 36.7 Å². The zero-order chi connectivity index (χ0) is 13.3. The summed E-state index contributed by atoms with van der Waals surface area (Å²) in [5.41, 5.74) is 2.03. The molecular formula is C15H18N2O. The van der Waals surface area contributed by atoms with Crippen LogP contribution >= 0.6 is 0 Å². The van der Waals surface area contributed by atoms with Gasteiger partial charge in [-0.15, -0.1) is 0 Å². The molecule has 1 aliphatic rings. The summed E-state index contributed by atoms with van der Waals surface area (Å²) in [7, 11) is 0. The predicted octanol–water partition coefficient (Wildman–Crippen LogP) is 2.58. The van der Waals surface area contributed by atoms with Crippen molar-refractivity contribution >= 4 is 5.91 Å². The number of rotatable bonds is 1. The van der Waals surface area contributed by atoms with Crippen LogP contribution in [0.2, 0.25) is 0 Å². The first kappa shape index (κ1) is 12.6. The van der Waals surface area contributed by atoms with E-state index in [2.05, 4.69) is 26.8 Å². The van der Waals surface area contributed by atoms with Crippen molar-refractivity contribution in [3.05, 3.63) is 35.4 Å². The maximum Gasteiger partial charge on any atom is 0.253 e. The molecule has 1 amide bonds. The number of carbonyl (C=O) groups excluding carboxylic acids is 1. The number of carbonyl (C=O) groups is 1. The van der Waals surface area contributed by atoms with Crippen molar-refractivity contribution in [3.63, 3.8) is 0 Å². The molecule has 1 heterocycles. The number of nitrogens with zero attached hydrogens (tertiary/aromatic N) is 2. The van der Waals surface area contributed by atoms with Gasteiger partial charge in [0.2, 0.25) is 0 Å². The highest BCUT2D eigenvalue weighted by Crippen LogP contribution is 2.23. The molecule has 3 nitrogen and oxygen atoms in total. The van der Waals surface area contributed by atoms with E-state index in [9.17, 15) is 4.79 Å². The first-order valence-electron chi connectivity index (χ1n) is 6.21. The van der Waals surface area contributed by atoms with Gasteiger partial charge in [-0.1, -0.05) is 32.9 Å². The van der Waals surface area contributed by atoms with Crippen LogP contribution in [0.3, 0.4) is 0 Å². The summed E-state index contributed by atoms with van der Waals surface area (Å²) >= 11 is 0. The molecule has 3 heteroatoms. The highest BCUT2D eigenvalue weighted by molar-refractivity contribution is 5.94. The van der Waals surface area contributed by atoms with Gasteiger partial charge < -0.3 is 4.90 Å². The number of nitriles is 1. The first-order chi connectivity index (χ1) is 8.41. The van der Waals surface area contributed by atoms with Crippen LogP contribution in [-0.4, -0.2) is 23.9 Å². The van der Waals surface area contributed by atoms with Crippen molar-refractivity contribution in [2.75, 3.05) is 13.1 Å². The maximum atomic E-state index is 12.1. The van der Waals surface area contributed by atoms with E-state index in [0.29, 0.717) is 18.7 Å². The van der Waals surface area contributed by atoms with Gasteiger partial charge >= 0.3 is 0 Å². The summed E-state index contributed by atoms with van der Waals surface area (Å²) in [6.07, 6.45) is 0. The molecule has 18 heavy (non-hydrogen) atoms. The molecule has 0 spiro atoms. The molecule has 0 radical (unpaired) electrons. The molecule has 0 unspecified atom stereocenters. The number of likely N-dealkylation sites (tertiary alicyclic amines) is 1. The van der Waals surface area contributed by atoms with E-state index in [1.807, 2.05) is 24.3 Å². The highest BCUT2D eigenvalue weighted by atomic mass is 16.2. The third-order valence-electron chi connectivity index (χ3n) is 3.35. The molecular weight excluding hydrogens is 224 g/mol. The quantitative estimate of drug-likeness (QED) is 0.759. The molecule has 1 fully saturated rings. The van der Waals surface area contributed by atoms with E-state index in [-0.39, 0.29) is 17.2 Å². The summed E-state index contributed by atoms with van der Waals surface area (Å²) in [6.45, 7) is 7.58. The SMILES string of the molecule is CC(C)(C)c1ccc(C(=O)N2CC(C#N)C2)cc1. The lowest BCUT2D eigenvalue weighted by molar-refractivity contribution is 0.0577. The average Bonchev–Trinajstić information content (AvgIpc) is 2.26. The summed E-state index contributed by atoms with van der Waals surface area (Å²) in [4.78, 5) is 13.8. The van der Waals surface area contributed by atoms with Crippen molar-refractivity contribution in [2.45, 2.75) is 26.2 Å². The molecule has 0 bridgehead atoms. The van der Waals surface area contributed by atoms with Crippen LogP contribution in [0.4, 0.5) is 0 Å². The summed E-state index contributed by atoms with van der Waals surface area (Å²) in [5, 5.41) is 8.69. The van der Waals surface area contributed by atoms with Gasteiger partial charge in [-0.2, -0.15) is 5.26 Å². The van der Waals surface area contributed by atoms with Gasteiger partial charge in [0.05, 0.1) is 12.0 Å². The van der Waals surface area contributed by atoms with Gasteiger partial charge in [-0.3, -0.25) is 4.79 Å². The predicted molar refractivity (Wildman–Crippen MR) is 70.1 cm³/mol. The lowest BCUT2D eigenvalue weighted by Gasteiger charge is -2.35. The standard InChI is InChI=1S/C15H18N2O/c1-15(2,3)13-6-4-12(5-7-13)14(18)17-9-11(8-16)10-17/h4-7,11H,9-10H2,1-3H3. The second kappa shape index (κ2) is 4.45. The molecule has 0 N–H and O–H groups in total. The van der Waals surface area contributed by atoms with Gasteiger partial charge in [0.25, 0.3) is 5.91 Å². The third kappa shape index (κ3) is 2.38. The Morgan fingerprint density at radius 1 is 1.28 bits per heavy atom. The smallest absolute Gasteiger partial charge is 0.253 e. The van der Waals surface area contributed by atoms with Gasteiger partial charge in [-0.05, 0) is 23.1 Å². The lowest BCUT2D eigenvalue weighted by Crippen LogP contribution is -2.49. The molecule has 1 aromatic rings. The zero-order valence-corrected chi connectivity index (χ0v) is 11.1. The van der Waals surface area contributed by atoms with Gasteiger partial charge in [0.15, 0.2) is 0 Å². The highest BCUT2D eigenvalue weighted by Gasteiger charge is 2.31. The topological polar surface area (TPSA) is 44.1 Å². The molecule has 94 valence electrons. The second-order valence-electron chi connectivity index (χ2n) is 5.86. The number of hydrogen-bond donors (Lipinski definition) is 0. The minimum atomic E-state index is 0.0165. The Kier molecular flexibility index (Phi) is 3.13. The van der Waals surface area contributed by atoms with Crippen LogP contribution in [0, 0.1) is 17.2 Å². The van der Waals surface area contributed by atoms with Crippen LogP contribution in [-0.2, 0) is 5.41 Å². The fourth-order valence-corrected chi connectivity index (χ4v) is 2.02. The normalized spacial score (nSPS) is 16.0. The molecule has 1 aromatic carbocycles. The fraction of sp³-hybridized carbons (Fsp3) is 0.467. The monoisotopic (exact) mass is 242 g/mol. The molecule has 0 aliphatic carbocycles. The van der Waals surface area contributed by atoms with E-state index in [1.165, 1.54) is 5.56 Å². The Labute approximate surface area is 108 Å². The number of hydrogen-bond acceptors (Lipinski definition) is 2. The lowest BCUT2D eigenvalue weighted by atomic mass is 9.86. The average molecular weight is 242 g/mol. The van der Waals surface area contributed by atoms with Crippen molar-refractivity contribution in [3.8, 4) is 6.07 Å². The van der Waals surface area contributed by atoms with Crippen molar-refractivity contribution in [1.29, 1.82) is 5.26 Å². The third-order valence-corrected chi connectivity index (χ3v) is 3.35. The number of benzene rings is 1. The largest absolute Gasteiger partial charge is 0.336 e. The van der Waals surface area contributed by atoms with Crippen LogP contribution in [0.25, 0.3) is 0 Å². The summed E-state index contributed by atoms with van der Waals surface area (Å²) < 4.78 is 0. The van der Waals surface area contributed by atoms with E-state index in [4.69, 9.17) is 5.26 Å². The Hall–Kier alpha value is -1.82. The zero-order valence-electron chi connectivity index (χ0n) is 11.1. The van der Waals surface area contributed by atoms with Crippen LogP contribution in [0.5, 0.6) is 0 Å². The van der Waals surface area contributed by atoms with Gasteiger partial charge in [0.1, 0.15) is 0 Å². The molecule has 0 aromatic heterocycles. The Balaban J connectivity index is 2.07. The first-order valence-corrected chi connectivity index (χ1v) is 6.21. The molecule has 1 aliphatic heterocycles. The minimum absolute atomic E-state index is 0.0165. The Morgan fingerprint density at radius 2 is 1.83 bits per heavy atom. The molecule has 0 atom stereocenters. The molecule has 0 saturated carbocycles. The summed E-state index contributed by atoms with van der Waals surface area (Å²) in [5.74, 6) is 0.0461. The molecule has 1 saturated heterocycles. The van der Waals surface area contributed by atoms with Crippen molar-refractivity contribution in [2.24, 2.45) is 5.92 Å². The van der Waals surface area contributed by atoms with E-state index >= 15 is 0 Å². The summed E-state index contributed by atoms with van der Waals surface area (Å²) in [6, 6.07) is 9.95. The fourth-order valence-electron chi connectivity index (χ4n) is 2.02. The Morgan fingerprint density at radius 3 is 2.28 bits per heavy atom. The minimum Gasteiger partial charge on any atom is -0.336 e.